The maximum absolute atomic E-state index is 6.29. The molecule has 3 rings (SSSR count). The Balaban J connectivity index is 2.14. The van der Waals surface area contributed by atoms with Crippen LogP contribution in [0.2, 0.25) is 5.02 Å². The van der Waals surface area contributed by atoms with Gasteiger partial charge in [0.05, 0.1) is 17.6 Å². The van der Waals surface area contributed by atoms with Gasteiger partial charge < -0.3 is 4.57 Å². The number of fused-ring (bicyclic) bond motifs is 1. The van der Waals surface area contributed by atoms with Gasteiger partial charge in [0.25, 0.3) is 0 Å². The molecule has 0 aliphatic rings. The van der Waals surface area contributed by atoms with E-state index in [1.807, 2.05) is 24.3 Å². The van der Waals surface area contributed by atoms with Crippen LogP contribution in [-0.4, -0.2) is 9.55 Å². The lowest BCUT2D eigenvalue weighted by molar-refractivity contribution is 0.683. The van der Waals surface area contributed by atoms with Gasteiger partial charge in [0.2, 0.25) is 0 Å². The molecule has 0 atom stereocenters. The van der Waals surface area contributed by atoms with E-state index in [-0.39, 0.29) is 0 Å². The van der Waals surface area contributed by atoms with Crippen LogP contribution in [0.1, 0.15) is 31.2 Å². The first-order chi connectivity index (χ1) is 9.66. The van der Waals surface area contributed by atoms with Crippen molar-refractivity contribution in [2.75, 3.05) is 0 Å². The Morgan fingerprint density at radius 3 is 2.50 bits per heavy atom. The average molecular weight is 285 g/mol. The summed E-state index contributed by atoms with van der Waals surface area (Å²) in [6.07, 6.45) is 0. The van der Waals surface area contributed by atoms with E-state index in [9.17, 15) is 0 Å². The van der Waals surface area contributed by atoms with Crippen molar-refractivity contribution in [3.8, 4) is 0 Å². The van der Waals surface area contributed by atoms with Crippen molar-refractivity contribution in [3.05, 3.63) is 64.9 Å². The smallest absolute Gasteiger partial charge is 0.112 e. The SMILES string of the molecule is CC(C)c1nc2ccccc2n1Cc1ccccc1Cl. The molecular formula is C17H17ClN2. The van der Waals surface area contributed by atoms with Gasteiger partial charge in [-0.25, -0.2) is 4.98 Å². The number of aromatic nitrogens is 2. The number of halogens is 1. The fourth-order valence-electron chi connectivity index (χ4n) is 2.50. The highest BCUT2D eigenvalue weighted by Crippen LogP contribution is 2.25. The topological polar surface area (TPSA) is 17.8 Å². The van der Waals surface area contributed by atoms with Gasteiger partial charge in [-0.3, -0.25) is 0 Å². The second-order valence-electron chi connectivity index (χ2n) is 5.29. The van der Waals surface area contributed by atoms with E-state index in [0.717, 1.165) is 34.0 Å². The molecule has 0 radical (unpaired) electrons. The fraction of sp³-hybridized carbons (Fsp3) is 0.235. The Morgan fingerprint density at radius 2 is 1.75 bits per heavy atom. The van der Waals surface area contributed by atoms with Gasteiger partial charge in [0, 0.05) is 10.9 Å². The molecule has 102 valence electrons. The summed E-state index contributed by atoms with van der Waals surface area (Å²) in [6, 6.07) is 16.2. The summed E-state index contributed by atoms with van der Waals surface area (Å²) < 4.78 is 2.27. The zero-order valence-electron chi connectivity index (χ0n) is 11.7. The van der Waals surface area contributed by atoms with E-state index in [2.05, 4.69) is 42.7 Å². The third-order valence-electron chi connectivity index (χ3n) is 3.49. The first-order valence-corrected chi connectivity index (χ1v) is 7.23. The summed E-state index contributed by atoms with van der Waals surface area (Å²) >= 11 is 6.29. The molecule has 3 aromatic rings. The lowest BCUT2D eigenvalue weighted by Crippen LogP contribution is -2.07. The van der Waals surface area contributed by atoms with Crippen LogP contribution in [0.3, 0.4) is 0 Å². The zero-order valence-corrected chi connectivity index (χ0v) is 12.4. The Morgan fingerprint density at radius 1 is 1.05 bits per heavy atom. The molecule has 0 aliphatic carbocycles. The molecule has 0 spiro atoms. The van der Waals surface area contributed by atoms with Gasteiger partial charge in [0.15, 0.2) is 0 Å². The second-order valence-corrected chi connectivity index (χ2v) is 5.70. The number of hydrogen-bond donors (Lipinski definition) is 0. The van der Waals surface area contributed by atoms with Gasteiger partial charge in [0.1, 0.15) is 5.82 Å². The number of para-hydroxylation sites is 2. The van der Waals surface area contributed by atoms with Crippen molar-refractivity contribution in [1.29, 1.82) is 0 Å². The van der Waals surface area contributed by atoms with Crippen LogP contribution in [0.5, 0.6) is 0 Å². The lowest BCUT2D eigenvalue weighted by Gasteiger charge is -2.12. The summed E-state index contributed by atoms with van der Waals surface area (Å²) in [4.78, 5) is 4.76. The highest BCUT2D eigenvalue weighted by molar-refractivity contribution is 6.31. The molecule has 0 saturated heterocycles. The third-order valence-corrected chi connectivity index (χ3v) is 3.86. The van der Waals surface area contributed by atoms with Gasteiger partial charge in [-0.2, -0.15) is 0 Å². The molecule has 1 aromatic heterocycles. The van der Waals surface area contributed by atoms with Crippen molar-refractivity contribution in [2.45, 2.75) is 26.3 Å². The van der Waals surface area contributed by atoms with Crippen LogP contribution in [0.15, 0.2) is 48.5 Å². The maximum Gasteiger partial charge on any atom is 0.112 e. The summed E-state index contributed by atoms with van der Waals surface area (Å²) in [5.41, 5.74) is 3.33. The van der Waals surface area contributed by atoms with E-state index in [0.29, 0.717) is 5.92 Å². The normalized spacial score (nSPS) is 11.4. The Kier molecular flexibility index (Phi) is 3.49. The van der Waals surface area contributed by atoms with E-state index in [1.54, 1.807) is 0 Å². The number of imidazole rings is 1. The average Bonchev–Trinajstić information content (AvgIpc) is 2.81. The van der Waals surface area contributed by atoms with Crippen LogP contribution in [0.4, 0.5) is 0 Å². The van der Waals surface area contributed by atoms with Crippen LogP contribution in [0.25, 0.3) is 11.0 Å². The number of hydrogen-bond acceptors (Lipinski definition) is 1. The number of benzene rings is 2. The number of nitrogens with zero attached hydrogens (tertiary/aromatic N) is 2. The van der Waals surface area contributed by atoms with E-state index in [4.69, 9.17) is 16.6 Å². The molecule has 0 aliphatic heterocycles. The molecule has 0 bridgehead atoms. The first kappa shape index (κ1) is 13.2. The summed E-state index contributed by atoms with van der Waals surface area (Å²) in [7, 11) is 0. The Hall–Kier alpha value is -1.80. The Labute approximate surface area is 124 Å². The minimum atomic E-state index is 0.380. The minimum absolute atomic E-state index is 0.380. The van der Waals surface area contributed by atoms with Crippen LogP contribution in [-0.2, 0) is 6.54 Å². The highest BCUT2D eigenvalue weighted by atomic mass is 35.5. The van der Waals surface area contributed by atoms with Crippen LogP contribution in [0, 0.1) is 0 Å². The predicted molar refractivity (Wildman–Crippen MR) is 84.4 cm³/mol. The van der Waals surface area contributed by atoms with Gasteiger partial charge >= 0.3 is 0 Å². The standard InChI is InChI=1S/C17H17ClN2/c1-12(2)17-19-15-9-5-6-10-16(15)20(17)11-13-7-3-4-8-14(13)18/h3-10,12H,11H2,1-2H3. The Bertz CT molecular complexity index is 744. The maximum atomic E-state index is 6.29. The summed E-state index contributed by atoms with van der Waals surface area (Å²) in [6.45, 7) is 5.10. The van der Waals surface area contributed by atoms with Crippen molar-refractivity contribution >= 4 is 22.6 Å². The minimum Gasteiger partial charge on any atom is -0.323 e. The van der Waals surface area contributed by atoms with Crippen LogP contribution < -0.4 is 0 Å². The summed E-state index contributed by atoms with van der Waals surface area (Å²) in [5.74, 6) is 1.48. The quantitative estimate of drug-likeness (QED) is 0.671. The van der Waals surface area contributed by atoms with E-state index in [1.165, 1.54) is 0 Å². The molecule has 0 unspecified atom stereocenters. The van der Waals surface area contributed by atoms with Crippen LogP contribution >= 0.6 is 11.6 Å². The molecule has 0 amide bonds. The molecule has 0 N–H and O–H groups in total. The molecule has 1 heterocycles. The lowest BCUT2D eigenvalue weighted by atomic mass is 10.2. The van der Waals surface area contributed by atoms with Gasteiger partial charge in [-0.05, 0) is 23.8 Å². The molecule has 20 heavy (non-hydrogen) atoms. The molecule has 0 fully saturated rings. The van der Waals surface area contributed by atoms with Gasteiger partial charge in [-0.15, -0.1) is 0 Å². The summed E-state index contributed by atoms with van der Waals surface area (Å²) in [5, 5.41) is 0.806. The predicted octanol–water partition coefficient (Wildman–Crippen LogP) is 4.86. The fourth-order valence-corrected chi connectivity index (χ4v) is 2.69. The monoisotopic (exact) mass is 284 g/mol. The molecule has 2 aromatic carbocycles. The number of rotatable bonds is 3. The van der Waals surface area contributed by atoms with E-state index >= 15 is 0 Å². The zero-order chi connectivity index (χ0) is 14.1. The third kappa shape index (κ3) is 2.32. The van der Waals surface area contributed by atoms with Crippen molar-refractivity contribution in [3.63, 3.8) is 0 Å². The molecule has 2 nitrogen and oxygen atoms in total. The largest absolute Gasteiger partial charge is 0.323 e. The molecule has 3 heteroatoms. The molecular weight excluding hydrogens is 268 g/mol. The van der Waals surface area contributed by atoms with Crippen molar-refractivity contribution in [1.82, 2.24) is 9.55 Å². The van der Waals surface area contributed by atoms with Crippen molar-refractivity contribution < 1.29 is 0 Å². The first-order valence-electron chi connectivity index (χ1n) is 6.85. The van der Waals surface area contributed by atoms with Gasteiger partial charge in [-0.1, -0.05) is 55.8 Å². The highest BCUT2D eigenvalue weighted by Gasteiger charge is 2.14. The van der Waals surface area contributed by atoms with E-state index < -0.39 is 0 Å². The molecule has 0 saturated carbocycles. The van der Waals surface area contributed by atoms with Crippen molar-refractivity contribution in [2.24, 2.45) is 0 Å². The second kappa shape index (κ2) is 5.29.